The molecule has 1 aliphatic rings. The number of nitrogens with one attached hydrogen (secondary N) is 1. The van der Waals surface area contributed by atoms with Gasteiger partial charge < -0.3 is 10.4 Å². The van der Waals surface area contributed by atoms with Crippen LogP contribution in [0.3, 0.4) is 0 Å². The number of halogens is 4. The molecule has 1 aromatic heterocycles. The molecule has 2 heterocycles. The van der Waals surface area contributed by atoms with Crippen LogP contribution in [0.5, 0.6) is 0 Å². The number of piperidine rings is 1. The highest BCUT2D eigenvalue weighted by Crippen LogP contribution is 2.38. The van der Waals surface area contributed by atoms with E-state index in [1.807, 2.05) is 23.1 Å². The van der Waals surface area contributed by atoms with Crippen LogP contribution in [0, 0.1) is 3.57 Å². The molecule has 140 valence electrons. The molecule has 1 unspecified atom stereocenters. The third-order valence-electron chi connectivity index (χ3n) is 4.12. The van der Waals surface area contributed by atoms with Crippen molar-refractivity contribution in [3.63, 3.8) is 0 Å². The number of hydrogen-bond donors (Lipinski definition) is 2. The van der Waals surface area contributed by atoms with E-state index in [0.29, 0.717) is 17.9 Å². The van der Waals surface area contributed by atoms with Gasteiger partial charge in [-0.05, 0) is 60.2 Å². The molecule has 0 spiro atoms. The molecule has 1 saturated heterocycles. The first kappa shape index (κ1) is 20.1. The van der Waals surface area contributed by atoms with Crippen LogP contribution in [0.2, 0.25) is 0 Å². The Morgan fingerprint density at radius 1 is 1.38 bits per heavy atom. The number of alkyl halides is 3. The molecule has 2 N–H and O–H groups in total. The number of carboxylic acid groups (broad SMARTS) is 1. The number of carboxylic acids is 1. The lowest BCUT2D eigenvalue weighted by molar-refractivity contribution is -0.138. The lowest BCUT2D eigenvalue weighted by Gasteiger charge is -2.32. The SMILES string of the molecule is O=C(O)CN1CCCC(Nc2nc(C(Cl)(Cl)Cl)nc3ccc(I)cc23)C1. The van der Waals surface area contributed by atoms with Crippen LogP contribution in [0.25, 0.3) is 10.9 Å². The molecule has 2 aromatic rings. The van der Waals surface area contributed by atoms with Gasteiger partial charge in [-0.15, -0.1) is 0 Å². The minimum Gasteiger partial charge on any atom is -0.480 e. The Balaban J connectivity index is 1.92. The van der Waals surface area contributed by atoms with Gasteiger partial charge in [0.2, 0.25) is 3.79 Å². The number of nitrogens with zero attached hydrogens (tertiary/aromatic N) is 3. The molecule has 10 heteroatoms. The molecule has 6 nitrogen and oxygen atoms in total. The zero-order valence-corrected chi connectivity index (χ0v) is 18.0. The monoisotopic (exact) mass is 528 g/mol. The molecular formula is C16H16Cl3IN4O2. The zero-order chi connectivity index (χ0) is 18.9. The maximum absolute atomic E-state index is 11.0. The lowest BCUT2D eigenvalue weighted by Crippen LogP contribution is -2.44. The molecule has 3 rings (SSSR count). The van der Waals surface area contributed by atoms with E-state index in [0.717, 1.165) is 28.3 Å². The molecule has 0 saturated carbocycles. The van der Waals surface area contributed by atoms with Crippen LogP contribution >= 0.6 is 57.4 Å². The zero-order valence-electron chi connectivity index (χ0n) is 13.6. The van der Waals surface area contributed by atoms with Gasteiger partial charge in [0.15, 0.2) is 5.82 Å². The van der Waals surface area contributed by atoms with Gasteiger partial charge in [-0.2, -0.15) is 0 Å². The first-order valence-electron chi connectivity index (χ1n) is 7.97. The van der Waals surface area contributed by atoms with Gasteiger partial charge >= 0.3 is 5.97 Å². The summed E-state index contributed by atoms with van der Waals surface area (Å²) in [5, 5.41) is 13.3. The Morgan fingerprint density at radius 2 is 2.15 bits per heavy atom. The number of hydrogen-bond acceptors (Lipinski definition) is 5. The molecule has 0 amide bonds. The molecule has 1 fully saturated rings. The van der Waals surface area contributed by atoms with Crippen LogP contribution in [0.4, 0.5) is 5.82 Å². The van der Waals surface area contributed by atoms with Crippen LogP contribution < -0.4 is 5.32 Å². The van der Waals surface area contributed by atoms with Crippen molar-refractivity contribution in [1.29, 1.82) is 0 Å². The van der Waals surface area contributed by atoms with E-state index in [2.05, 4.69) is 37.9 Å². The maximum atomic E-state index is 11.0. The maximum Gasteiger partial charge on any atom is 0.317 e. The van der Waals surface area contributed by atoms with Crippen molar-refractivity contribution in [2.24, 2.45) is 0 Å². The summed E-state index contributed by atoms with van der Waals surface area (Å²) in [6.07, 6.45) is 1.82. The summed E-state index contributed by atoms with van der Waals surface area (Å²) in [6, 6.07) is 5.82. The Kier molecular flexibility index (Phi) is 6.33. The van der Waals surface area contributed by atoms with Crippen molar-refractivity contribution < 1.29 is 9.90 Å². The van der Waals surface area contributed by atoms with Gasteiger partial charge in [0.05, 0.1) is 12.1 Å². The number of carbonyl (C=O) groups is 1. The van der Waals surface area contributed by atoms with E-state index in [4.69, 9.17) is 39.9 Å². The summed E-state index contributed by atoms with van der Waals surface area (Å²) in [5.74, 6) is -0.125. The fraction of sp³-hybridized carbons (Fsp3) is 0.438. The van der Waals surface area contributed by atoms with Crippen molar-refractivity contribution in [1.82, 2.24) is 14.9 Å². The van der Waals surface area contributed by atoms with E-state index < -0.39 is 9.76 Å². The smallest absolute Gasteiger partial charge is 0.317 e. The van der Waals surface area contributed by atoms with Gasteiger partial charge in [0, 0.05) is 21.5 Å². The summed E-state index contributed by atoms with van der Waals surface area (Å²) < 4.78 is -0.685. The highest BCUT2D eigenvalue weighted by atomic mass is 127. The molecule has 0 radical (unpaired) electrons. The predicted octanol–water partition coefficient (Wildman–Crippen LogP) is 4.02. The number of aromatic nitrogens is 2. The number of likely N-dealkylation sites (tertiary alicyclic amines) is 1. The third kappa shape index (κ3) is 5.01. The van der Waals surface area contributed by atoms with Crippen LogP contribution in [-0.2, 0) is 8.59 Å². The van der Waals surface area contributed by atoms with Gasteiger partial charge in [-0.1, -0.05) is 34.8 Å². The summed E-state index contributed by atoms with van der Waals surface area (Å²) in [4.78, 5) is 21.7. The van der Waals surface area contributed by atoms with Gasteiger partial charge in [-0.25, -0.2) is 9.97 Å². The standard InChI is InChI=1S/C16H16Cl3IN4O2/c17-16(18,19)15-22-12-4-3-9(20)6-11(12)14(23-15)21-10-2-1-5-24(7-10)8-13(25)26/h3-4,6,10H,1-2,5,7-8H2,(H,25,26)(H,21,22,23). The van der Waals surface area contributed by atoms with Gasteiger partial charge in [-0.3, -0.25) is 9.69 Å². The molecule has 0 aliphatic carbocycles. The van der Waals surface area contributed by atoms with E-state index in [1.165, 1.54) is 0 Å². The molecule has 0 bridgehead atoms. The van der Waals surface area contributed by atoms with Crippen molar-refractivity contribution in [2.75, 3.05) is 25.0 Å². The quantitative estimate of drug-likeness (QED) is 0.460. The Labute approximate surface area is 179 Å². The topological polar surface area (TPSA) is 78.4 Å². The van der Waals surface area contributed by atoms with E-state index in [9.17, 15) is 4.79 Å². The molecule has 1 aliphatic heterocycles. The largest absolute Gasteiger partial charge is 0.480 e. The third-order valence-corrected chi connectivity index (χ3v) is 5.29. The molecule has 26 heavy (non-hydrogen) atoms. The second kappa shape index (κ2) is 8.18. The lowest BCUT2D eigenvalue weighted by atomic mass is 10.1. The number of anilines is 1. The number of aliphatic carboxylic acids is 1. The second-order valence-corrected chi connectivity index (χ2v) is 9.69. The summed E-state index contributed by atoms with van der Waals surface area (Å²) in [7, 11) is 0. The number of benzene rings is 1. The minimum atomic E-state index is -1.73. The summed E-state index contributed by atoms with van der Waals surface area (Å²) in [6.45, 7) is 1.41. The fourth-order valence-electron chi connectivity index (χ4n) is 3.04. The normalized spacial score (nSPS) is 18.8. The Hall–Kier alpha value is -0.610. The first-order valence-corrected chi connectivity index (χ1v) is 10.2. The average molecular weight is 530 g/mol. The minimum absolute atomic E-state index is 0.0278. The van der Waals surface area contributed by atoms with E-state index in [1.54, 1.807) is 0 Å². The summed E-state index contributed by atoms with van der Waals surface area (Å²) in [5.41, 5.74) is 0.683. The van der Waals surface area contributed by atoms with Crippen LogP contribution in [0.15, 0.2) is 18.2 Å². The fourth-order valence-corrected chi connectivity index (χ4v) is 3.78. The second-order valence-electron chi connectivity index (χ2n) is 6.17. The van der Waals surface area contributed by atoms with Crippen molar-refractivity contribution in [3.8, 4) is 0 Å². The van der Waals surface area contributed by atoms with Gasteiger partial charge in [0.1, 0.15) is 5.82 Å². The van der Waals surface area contributed by atoms with Crippen molar-refractivity contribution >= 4 is 80.1 Å². The number of rotatable bonds is 4. The predicted molar refractivity (Wildman–Crippen MR) is 112 cm³/mol. The Bertz CT molecular complexity index is 831. The van der Waals surface area contributed by atoms with Crippen LogP contribution in [-0.4, -0.2) is 51.6 Å². The number of fused-ring (bicyclic) bond motifs is 1. The molecular weight excluding hydrogens is 513 g/mol. The molecule has 1 atom stereocenters. The average Bonchev–Trinajstić information content (AvgIpc) is 2.54. The van der Waals surface area contributed by atoms with Crippen molar-refractivity contribution in [2.45, 2.75) is 22.7 Å². The highest BCUT2D eigenvalue weighted by molar-refractivity contribution is 14.1. The van der Waals surface area contributed by atoms with Crippen LogP contribution in [0.1, 0.15) is 18.7 Å². The van der Waals surface area contributed by atoms with E-state index >= 15 is 0 Å². The van der Waals surface area contributed by atoms with E-state index in [-0.39, 0.29) is 18.4 Å². The van der Waals surface area contributed by atoms with Crippen molar-refractivity contribution in [3.05, 3.63) is 27.6 Å². The highest BCUT2D eigenvalue weighted by Gasteiger charge is 2.29. The molecule has 1 aromatic carbocycles. The first-order chi connectivity index (χ1) is 12.2. The summed E-state index contributed by atoms with van der Waals surface area (Å²) >= 11 is 20.2. The van der Waals surface area contributed by atoms with Gasteiger partial charge in [0.25, 0.3) is 0 Å². The Morgan fingerprint density at radius 3 is 2.85 bits per heavy atom.